The molecule has 0 spiro atoms. The SMILES string of the molecule is O=C(COc1ccccc1)Nc1ccccc1N1CCCC1=O. The first-order chi connectivity index (χ1) is 11.2. The van der Waals surface area contributed by atoms with Crippen LogP contribution >= 0.6 is 0 Å². The van der Waals surface area contributed by atoms with Gasteiger partial charge in [0.05, 0.1) is 11.4 Å². The van der Waals surface area contributed by atoms with E-state index in [0.29, 0.717) is 24.4 Å². The van der Waals surface area contributed by atoms with Crippen molar-refractivity contribution in [3.63, 3.8) is 0 Å². The molecule has 0 unspecified atom stereocenters. The molecule has 1 saturated heterocycles. The highest BCUT2D eigenvalue weighted by molar-refractivity contribution is 6.02. The van der Waals surface area contributed by atoms with Crippen LogP contribution in [0.1, 0.15) is 12.8 Å². The van der Waals surface area contributed by atoms with Crippen LogP contribution in [0.3, 0.4) is 0 Å². The van der Waals surface area contributed by atoms with Gasteiger partial charge in [0.25, 0.3) is 5.91 Å². The maximum atomic E-state index is 12.1. The van der Waals surface area contributed by atoms with Gasteiger partial charge < -0.3 is 15.0 Å². The molecule has 5 nitrogen and oxygen atoms in total. The van der Waals surface area contributed by atoms with Gasteiger partial charge in [-0.15, -0.1) is 0 Å². The van der Waals surface area contributed by atoms with Gasteiger partial charge in [-0.3, -0.25) is 9.59 Å². The van der Waals surface area contributed by atoms with Crippen LogP contribution in [0, 0.1) is 0 Å². The smallest absolute Gasteiger partial charge is 0.262 e. The second-order valence-corrected chi connectivity index (χ2v) is 5.32. The van der Waals surface area contributed by atoms with Crippen LogP contribution in [0.2, 0.25) is 0 Å². The lowest BCUT2D eigenvalue weighted by molar-refractivity contribution is -0.118. The molecule has 5 heteroatoms. The standard InChI is InChI=1S/C18H18N2O3/c21-17(13-23-14-7-2-1-3-8-14)19-15-9-4-5-10-16(15)20-12-6-11-18(20)22/h1-5,7-10H,6,11-13H2,(H,19,21). The zero-order chi connectivity index (χ0) is 16.1. The summed E-state index contributed by atoms with van der Waals surface area (Å²) < 4.78 is 5.43. The second-order valence-electron chi connectivity index (χ2n) is 5.32. The number of anilines is 2. The summed E-state index contributed by atoms with van der Waals surface area (Å²) in [5, 5.41) is 2.82. The number of benzene rings is 2. The first-order valence-corrected chi connectivity index (χ1v) is 7.61. The van der Waals surface area contributed by atoms with Gasteiger partial charge in [-0.25, -0.2) is 0 Å². The van der Waals surface area contributed by atoms with Crippen molar-refractivity contribution in [1.82, 2.24) is 0 Å². The Hall–Kier alpha value is -2.82. The largest absolute Gasteiger partial charge is 0.484 e. The molecule has 0 saturated carbocycles. The van der Waals surface area contributed by atoms with E-state index in [-0.39, 0.29) is 18.4 Å². The second kappa shape index (κ2) is 6.96. The molecule has 1 aliphatic heterocycles. The monoisotopic (exact) mass is 310 g/mol. The van der Waals surface area contributed by atoms with Crippen LogP contribution in [0.15, 0.2) is 54.6 Å². The van der Waals surface area contributed by atoms with Gasteiger partial charge in [-0.2, -0.15) is 0 Å². The van der Waals surface area contributed by atoms with Crippen molar-refractivity contribution in [2.24, 2.45) is 0 Å². The van der Waals surface area contributed by atoms with Gasteiger partial charge >= 0.3 is 0 Å². The van der Waals surface area contributed by atoms with Crippen molar-refractivity contribution in [2.75, 3.05) is 23.4 Å². The van der Waals surface area contributed by atoms with Gasteiger partial charge in [0.1, 0.15) is 5.75 Å². The zero-order valence-corrected chi connectivity index (χ0v) is 12.7. The summed E-state index contributed by atoms with van der Waals surface area (Å²) in [5.74, 6) is 0.478. The minimum atomic E-state index is -0.257. The predicted octanol–water partition coefficient (Wildman–Crippen LogP) is 2.83. The molecule has 1 heterocycles. The number of rotatable bonds is 5. The first-order valence-electron chi connectivity index (χ1n) is 7.61. The third-order valence-corrected chi connectivity index (χ3v) is 3.66. The highest BCUT2D eigenvalue weighted by Crippen LogP contribution is 2.29. The summed E-state index contributed by atoms with van der Waals surface area (Å²) in [6.07, 6.45) is 1.40. The van der Waals surface area contributed by atoms with Crippen molar-refractivity contribution < 1.29 is 14.3 Å². The Morgan fingerprint density at radius 3 is 2.57 bits per heavy atom. The fourth-order valence-electron chi connectivity index (χ4n) is 2.57. The summed E-state index contributed by atoms with van der Waals surface area (Å²) in [4.78, 5) is 25.7. The number of nitrogens with one attached hydrogen (secondary N) is 1. The topological polar surface area (TPSA) is 58.6 Å². The number of carbonyl (C=O) groups is 2. The van der Waals surface area contributed by atoms with E-state index in [1.54, 1.807) is 23.1 Å². The Morgan fingerprint density at radius 1 is 1.09 bits per heavy atom. The molecule has 0 aliphatic carbocycles. The average molecular weight is 310 g/mol. The Morgan fingerprint density at radius 2 is 1.83 bits per heavy atom. The van der Waals surface area contributed by atoms with E-state index in [1.807, 2.05) is 36.4 Å². The van der Waals surface area contributed by atoms with Crippen molar-refractivity contribution in [1.29, 1.82) is 0 Å². The van der Waals surface area contributed by atoms with E-state index in [0.717, 1.165) is 12.1 Å². The van der Waals surface area contributed by atoms with Crippen molar-refractivity contribution >= 4 is 23.2 Å². The summed E-state index contributed by atoms with van der Waals surface area (Å²) in [7, 11) is 0. The highest BCUT2D eigenvalue weighted by atomic mass is 16.5. The molecule has 0 bridgehead atoms. The maximum absolute atomic E-state index is 12.1. The molecular weight excluding hydrogens is 292 g/mol. The van der Waals surface area contributed by atoms with E-state index in [9.17, 15) is 9.59 Å². The third kappa shape index (κ3) is 3.69. The molecule has 23 heavy (non-hydrogen) atoms. The number of ether oxygens (including phenoxy) is 1. The fraction of sp³-hybridized carbons (Fsp3) is 0.222. The molecule has 0 atom stereocenters. The van der Waals surface area contributed by atoms with Crippen molar-refractivity contribution in [2.45, 2.75) is 12.8 Å². The van der Waals surface area contributed by atoms with Crippen LogP contribution in [0.4, 0.5) is 11.4 Å². The van der Waals surface area contributed by atoms with E-state index in [4.69, 9.17) is 4.74 Å². The molecule has 3 rings (SSSR count). The summed E-state index contributed by atoms with van der Waals surface area (Å²) in [6.45, 7) is 0.610. The lowest BCUT2D eigenvalue weighted by Crippen LogP contribution is -2.26. The summed E-state index contributed by atoms with van der Waals surface area (Å²) in [5.41, 5.74) is 1.37. The van der Waals surface area contributed by atoms with Gasteiger partial charge in [-0.1, -0.05) is 30.3 Å². The number of hydrogen-bond donors (Lipinski definition) is 1. The Bertz CT molecular complexity index is 700. The van der Waals surface area contributed by atoms with E-state index >= 15 is 0 Å². The molecule has 0 radical (unpaired) electrons. The number of carbonyl (C=O) groups excluding carboxylic acids is 2. The molecule has 2 aromatic carbocycles. The van der Waals surface area contributed by atoms with Crippen molar-refractivity contribution in [3.05, 3.63) is 54.6 Å². The quantitative estimate of drug-likeness (QED) is 0.924. The third-order valence-electron chi connectivity index (χ3n) is 3.66. The van der Waals surface area contributed by atoms with Gasteiger partial charge in [0, 0.05) is 13.0 Å². The Balaban J connectivity index is 1.65. The van der Waals surface area contributed by atoms with Crippen LogP contribution in [-0.4, -0.2) is 25.0 Å². The number of para-hydroxylation sites is 3. The van der Waals surface area contributed by atoms with Crippen molar-refractivity contribution in [3.8, 4) is 5.75 Å². The summed E-state index contributed by atoms with van der Waals surface area (Å²) >= 11 is 0. The molecule has 1 aliphatic rings. The minimum absolute atomic E-state index is 0.0771. The van der Waals surface area contributed by atoms with Crippen LogP contribution in [-0.2, 0) is 9.59 Å². The predicted molar refractivity (Wildman–Crippen MR) is 88.6 cm³/mol. The fourth-order valence-corrected chi connectivity index (χ4v) is 2.57. The van der Waals surface area contributed by atoms with Gasteiger partial charge in [0.15, 0.2) is 6.61 Å². The maximum Gasteiger partial charge on any atom is 0.262 e. The zero-order valence-electron chi connectivity index (χ0n) is 12.7. The Kier molecular flexibility index (Phi) is 4.57. The number of amides is 2. The number of hydrogen-bond acceptors (Lipinski definition) is 3. The molecule has 2 amide bonds. The lowest BCUT2D eigenvalue weighted by atomic mass is 10.2. The average Bonchev–Trinajstić information content (AvgIpc) is 3.00. The van der Waals surface area contributed by atoms with E-state index in [1.165, 1.54) is 0 Å². The summed E-state index contributed by atoms with van der Waals surface area (Å²) in [6, 6.07) is 16.5. The molecule has 0 aromatic heterocycles. The molecule has 1 N–H and O–H groups in total. The normalized spacial score (nSPS) is 13.9. The van der Waals surface area contributed by atoms with Gasteiger partial charge in [-0.05, 0) is 30.7 Å². The molecule has 118 valence electrons. The number of nitrogens with zero attached hydrogens (tertiary/aromatic N) is 1. The van der Waals surface area contributed by atoms with Crippen LogP contribution in [0.5, 0.6) is 5.75 Å². The van der Waals surface area contributed by atoms with Gasteiger partial charge in [0.2, 0.25) is 5.91 Å². The van der Waals surface area contributed by atoms with Crippen LogP contribution < -0.4 is 15.0 Å². The lowest BCUT2D eigenvalue weighted by Gasteiger charge is -2.20. The first kappa shape index (κ1) is 15.1. The minimum Gasteiger partial charge on any atom is -0.484 e. The Labute approximate surface area is 134 Å². The van der Waals surface area contributed by atoms with Crippen LogP contribution in [0.25, 0.3) is 0 Å². The van der Waals surface area contributed by atoms with E-state index in [2.05, 4.69) is 5.32 Å². The molecule has 1 fully saturated rings. The molecular formula is C18H18N2O3. The molecule has 2 aromatic rings. The highest BCUT2D eigenvalue weighted by Gasteiger charge is 2.24. The van der Waals surface area contributed by atoms with E-state index < -0.39 is 0 Å².